The largest absolute Gasteiger partial charge is 0.354 e. The minimum absolute atomic E-state index is 0.0537. The molecule has 0 bridgehead atoms. The lowest BCUT2D eigenvalue weighted by Gasteiger charge is -2.33. The zero-order valence-electron chi connectivity index (χ0n) is 22.8. The molecule has 0 saturated heterocycles. The number of carbonyl (C=O) groups is 3. The van der Waals surface area contributed by atoms with Crippen LogP contribution in [-0.4, -0.2) is 56.3 Å². The van der Waals surface area contributed by atoms with Gasteiger partial charge in [-0.2, -0.15) is 0 Å². The molecule has 3 aromatic carbocycles. The Morgan fingerprint density at radius 2 is 1.60 bits per heavy atom. The van der Waals surface area contributed by atoms with E-state index in [0.29, 0.717) is 23.6 Å². The highest BCUT2D eigenvalue weighted by molar-refractivity contribution is 7.92. The number of rotatable bonds is 13. The summed E-state index contributed by atoms with van der Waals surface area (Å²) in [6, 6.07) is 21.4. The van der Waals surface area contributed by atoms with Gasteiger partial charge in [-0.1, -0.05) is 73.1 Å². The van der Waals surface area contributed by atoms with Crippen molar-refractivity contribution >= 4 is 44.9 Å². The van der Waals surface area contributed by atoms with Crippen molar-refractivity contribution in [3.05, 3.63) is 101 Å². The fraction of sp³-hybridized carbons (Fsp3) is 0.300. The zero-order valence-corrected chi connectivity index (χ0v) is 24.4. The first kappa shape index (κ1) is 30.8. The van der Waals surface area contributed by atoms with Gasteiger partial charge in [-0.25, -0.2) is 8.42 Å². The Morgan fingerprint density at radius 3 is 2.20 bits per heavy atom. The van der Waals surface area contributed by atoms with Crippen LogP contribution in [0.25, 0.3) is 0 Å². The molecule has 10 heteroatoms. The van der Waals surface area contributed by atoms with Crippen molar-refractivity contribution in [2.45, 2.75) is 39.3 Å². The van der Waals surface area contributed by atoms with Crippen LogP contribution < -0.4 is 9.62 Å². The lowest BCUT2D eigenvalue weighted by Crippen LogP contribution is -2.53. The second-order valence-electron chi connectivity index (χ2n) is 9.52. The third kappa shape index (κ3) is 8.66. The van der Waals surface area contributed by atoms with Gasteiger partial charge in [0.05, 0.1) is 11.9 Å². The maximum Gasteiger partial charge on any atom is 0.244 e. The molecule has 0 aliphatic carbocycles. The van der Waals surface area contributed by atoms with E-state index in [-0.39, 0.29) is 30.3 Å². The van der Waals surface area contributed by atoms with E-state index in [1.807, 2.05) is 37.3 Å². The summed E-state index contributed by atoms with van der Waals surface area (Å²) in [5.41, 5.74) is 2.08. The molecule has 0 aromatic heterocycles. The summed E-state index contributed by atoms with van der Waals surface area (Å²) in [5.74, 6) is -1.14. The summed E-state index contributed by atoms with van der Waals surface area (Å²) < 4.78 is 26.7. The fourth-order valence-corrected chi connectivity index (χ4v) is 5.17. The van der Waals surface area contributed by atoms with E-state index in [9.17, 15) is 22.8 Å². The van der Waals surface area contributed by atoms with Crippen LogP contribution in [-0.2, 0) is 32.6 Å². The number of hydrogen-bond acceptors (Lipinski definition) is 5. The summed E-state index contributed by atoms with van der Waals surface area (Å²) in [5, 5.41) is 3.42. The number of halogens is 1. The molecule has 212 valence electrons. The highest BCUT2D eigenvalue weighted by Crippen LogP contribution is 2.22. The maximum atomic E-state index is 14.0. The van der Waals surface area contributed by atoms with E-state index >= 15 is 0 Å². The van der Waals surface area contributed by atoms with Gasteiger partial charge >= 0.3 is 0 Å². The summed E-state index contributed by atoms with van der Waals surface area (Å²) in [7, 11) is -3.93. The predicted octanol–water partition coefficient (Wildman–Crippen LogP) is 4.47. The maximum absolute atomic E-state index is 14.0. The van der Waals surface area contributed by atoms with Crippen molar-refractivity contribution in [3.63, 3.8) is 0 Å². The number of carbonyl (C=O) groups excluding carboxylic acids is 3. The van der Waals surface area contributed by atoms with Gasteiger partial charge in [-0.3, -0.25) is 18.7 Å². The minimum Gasteiger partial charge on any atom is -0.354 e. The third-order valence-electron chi connectivity index (χ3n) is 6.31. The van der Waals surface area contributed by atoms with Crippen LogP contribution in [0.15, 0.2) is 78.9 Å². The van der Waals surface area contributed by atoms with Gasteiger partial charge < -0.3 is 10.2 Å². The quantitative estimate of drug-likeness (QED) is 0.299. The van der Waals surface area contributed by atoms with Crippen LogP contribution in [0.5, 0.6) is 0 Å². The number of ketones is 1. The molecule has 3 rings (SSSR count). The number of hydrogen-bond donors (Lipinski definition) is 1. The molecule has 40 heavy (non-hydrogen) atoms. The van der Waals surface area contributed by atoms with Crippen molar-refractivity contribution in [2.75, 3.05) is 23.7 Å². The Morgan fingerprint density at radius 1 is 0.925 bits per heavy atom. The molecule has 0 unspecified atom stereocenters. The predicted molar refractivity (Wildman–Crippen MR) is 158 cm³/mol. The summed E-state index contributed by atoms with van der Waals surface area (Å²) in [6.45, 7) is 3.24. The standard InChI is InChI=1S/C30H34ClN3O5S/c1-4-17-32-30(37)28(18-23-9-6-5-7-10-23)33(20-24-13-15-26(31)16-14-24)29(36)21-34(40(3,38)39)27-12-8-11-25(19-27)22(2)35/h5-16,19,28H,4,17-18,20-21H2,1-3H3,(H,32,37)/t28-/m0/s1. The lowest BCUT2D eigenvalue weighted by atomic mass is 10.0. The van der Waals surface area contributed by atoms with Crippen LogP contribution in [0.4, 0.5) is 5.69 Å². The van der Waals surface area contributed by atoms with Crippen molar-refractivity contribution < 1.29 is 22.8 Å². The Bertz CT molecular complexity index is 1430. The fourth-order valence-electron chi connectivity index (χ4n) is 4.20. The summed E-state index contributed by atoms with van der Waals surface area (Å²) in [4.78, 5) is 40.9. The first-order chi connectivity index (χ1) is 19.0. The Hall–Kier alpha value is -3.69. The SMILES string of the molecule is CCCNC(=O)[C@H](Cc1ccccc1)N(Cc1ccc(Cl)cc1)C(=O)CN(c1cccc(C(C)=O)c1)S(C)(=O)=O. The first-order valence-electron chi connectivity index (χ1n) is 12.9. The third-order valence-corrected chi connectivity index (χ3v) is 7.70. The molecule has 0 fully saturated rings. The minimum atomic E-state index is -3.93. The number of nitrogens with one attached hydrogen (secondary N) is 1. The highest BCUT2D eigenvalue weighted by atomic mass is 35.5. The molecule has 0 spiro atoms. The molecule has 0 aliphatic rings. The molecule has 0 radical (unpaired) electrons. The molecular formula is C30H34ClN3O5S. The van der Waals surface area contributed by atoms with Crippen LogP contribution in [0, 0.1) is 0 Å². The molecule has 0 heterocycles. The Kier molecular flexibility index (Phi) is 10.9. The van der Waals surface area contributed by atoms with E-state index in [4.69, 9.17) is 11.6 Å². The summed E-state index contributed by atoms with van der Waals surface area (Å²) in [6.07, 6.45) is 1.94. The number of nitrogens with zero attached hydrogens (tertiary/aromatic N) is 2. The second kappa shape index (κ2) is 14.1. The van der Waals surface area contributed by atoms with Gasteiger partial charge in [0.15, 0.2) is 5.78 Å². The van der Waals surface area contributed by atoms with Gasteiger partial charge in [-0.15, -0.1) is 0 Å². The Labute approximate surface area is 241 Å². The zero-order chi connectivity index (χ0) is 29.3. The highest BCUT2D eigenvalue weighted by Gasteiger charge is 2.33. The second-order valence-corrected chi connectivity index (χ2v) is 11.9. The van der Waals surface area contributed by atoms with Gasteiger partial charge in [0.25, 0.3) is 0 Å². The topological polar surface area (TPSA) is 104 Å². The van der Waals surface area contributed by atoms with Crippen molar-refractivity contribution in [3.8, 4) is 0 Å². The van der Waals surface area contributed by atoms with E-state index in [2.05, 4.69) is 5.32 Å². The molecule has 8 nitrogen and oxygen atoms in total. The molecule has 2 amide bonds. The van der Waals surface area contributed by atoms with Gasteiger partial charge in [0.1, 0.15) is 12.6 Å². The van der Waals surface area contributed by atoms with Crippen LogP contribution >= 0.6 is 11.6 Å². The number of sulfonamides is 1. The molecule has 1 N–H and O–H groups in total. The number of amides is 2. The molecule has 0 saturated carbocycles. The van der Waals surface area contributed by atoms with Gasteiger partial charge in [0.2, 0.25) is 21.8 Å². The van der Waals surface area contributed by atoms with Crippen molar-refractivity contribution in [1.82, 2.24) is 10.2 Å². The molecule has 3 aromatic rings. The van der Waals surface area contributed by atoms with Gasteiger partial charge in [-0.05, 0) is 48.7 Å². The molecular weight excluding hydrogens is 550 g/mol. The smallest absolute Gasteiger partial charge is 0.244 e. The van der Waals surface area contributed by atoms with Crippen molar-refractivity contribution in [2.24, 2.45) is 0 Å². The number of anilines is 1. The normalized spacial score (nSPS) is 11.9. The average molecular weight is 584 g/mol. The van der Waals surface area contributed by atoms with Crippen LogP contribution in [0.2, 0.25) is 5.02 Å². The number of Topliss-reactive ketones (excluding diaryl/α,β-unsaturated/α-hetero) is 1. The molecule has 1 atom stereocenters. The van der Waals surface area contributed by atoms with E-state index in [1.54, 1.807) is 36.4 Å². The van der Waals surface area contributed by atoms with Gasteiger partial charge in [0, 0.05) is 30.1 Å². The van der Waals surface area contributed by atoms with E-state index in [0.717, 1.165) is 21.7 Å². The van der Waals surface area contributed by atoms with Crippen molar-refractivity contribution in [1.29, 1.82) is 0 Å². The van der Waals surface area contributed by atoms with E-state index < -0.39 is 28.5 Å². The van der Waals surface area contributed by atoms with Crippen LogP contribution in [0.1, 0.15) is 41.8 Å². The number of benzene rings is 3. The summed E-state index contributed by atoms with van der Waals surface area (Å²) >= 11 is 6.07. The average Bonchev–Trinajstić information content (AvgIpc) is 2.93. The van der Waals surface area contributed by atoms with E-state index in [1.165, 1.54) is 24.0 Å². The first-order valence-corrected chi connectivity index (χ1v) is 15.2. The molecule has 0 aliphatic heterocycles. The van der Waals surface area contributed by atoms with Crippen LogP contribution in [0.3, 0.4) is 0 Å². The Balaban J connectivity index is 2.05. The monoisotopic (exact) mass is 583 g/mol. The lowest BCUT2D eigenvalue weighted by molar-refractivity contribution is -0.140.